The SMILES string of the molecule is CO[AsH](=O)[O][Fe]. The van der Waals surface area contributed by atoms with Gasteiger partial charge in [0, 0.05) is 0 Å². The Kier molecular flexibility index (Phi) is 4.50. The molecule has 0 N–H and O–H groups in total. The average molecular weight is 195 g/mol. The van der Waals surface area contributed by atoms with Crippen molar-refractivity contribution in [1.82, 2.24) is 0 Å². The van der Waals surface area contributed by atoms with Crippen molar-refractivity contribution in [2.75, 3.05) is 7.11 Å². The maximum atomic E-state index is 9.92. The summed E-state index contributed by atoms with van der Waals surface area (Å²) in [6.45, 7) is 0. The minimum atomic E-state index is -2.74. The Hall–Kier alpha value is 0.798. The molecule has 39 valence electrons. The third-order valence-corrected chi connectivity index (χ3v) is 2.13. The minimum absolute atomic E-state index is 1.33. The van der Waals surface area contributed by atoms with Gasteiger partial charge in [-0.25, -0.2) is 0 Å². The fourth-order valence-electron chi connectivity index (χ4n) is 0.0295. The summed E-state index contributed by atoms with van der Waals surface area (Å²) >= 11 is 0.152. The summed E-state index contributed by atoms with van der Waals surface area (Å²) in [7, 11) is 1.33. The Morgan fingerprint density at radius 2 is 2.33 bits per heavy atom. The van der Waals surface area contributed by atoms with Crippen molar-refractivity contribution in [3.63, 3.8) is 0 Å². The predicted molar refractivity (Wildman–Crippen MR) is 15.9 cm³/mol. The predicted octanol–water partition coefficient (Wildman–Crippen LogP) is -0.741. The van der Waals surface area contributed by atoms with E-state index >= 15 is 0 Å². The number of hydrogen-bond donors (Lipinski definition) is 0. The molecular weight excluding hydrogens is 191 g/mol. The third kappa shape index (κ3) is 3.01. The molecule has 0 amide bonds. The van der Waals surface area contributed by atoms with E-state index in [4.69, 9.17) is 0 Å². The van der Waals surface area contributed by atoms with E-state index in [0.29, 0.717) is 0 Å². The first-order chi connectivity index (χ1) is 2.81. The van der Waals surface area contributed by atoms with E-state index in [1.807, 2.05) is 0 Å². The van der Waals surface area contributed by atoms with E-state index in [9.17, 15) is 3.74 Å². The summed E-state index contributed by atoms with van der Waals surface area (Å²) < 4.78 is 18.2. The number of rotatable bonds is 2. The van der Waals surface area contributed by atoms with Crippen LogP contribution in [0.25, 0.3) is 0 Å². The molecule has 0 fully saturated rings. The molecule has 6 heavy (non-hydrogen) atoms. The molecule has 0 saturated carbocycles. The third-order valence-electron chi connectivity index (χ3n) is 0.226. The van der Waals surface area contributed by atoms with Crippen molar-refractivity contribution in [3.8, 4) is 0 Å². The fraction of sp³-hybridized carbons (Fsp3) is 1.00. The van der Waals surface area contributed by atoms with Gasteiger partial charge in [-0.3, -0.25) is 0 Å². The van der Waals surface area contributed by atoms with E-state index in [-0.39, 0.29) is 0 Å². The molecule has 0 saturated heterocycles. The van der Waals surface area contributed by atoms with Crippen LogP contribution in [0.4, 0.5) is 0 Å². The Morgan fingerprint density at radius 3 is 2.33 bits per heavy atom. The molecule has 0 aliphatic heterocycles. The van der Waals surface area contributed by atoms with Crippen LogP contribution < -0.4 is 0 Å². The number of hydrogen-bond acceptors (Lipinski definition) is 3. The van der Waals surface area contributed by atoms with Gasteiger partial charge in [0.25, 0.3) is 0 Å². The topological polar surface area (TPSA) is 35.5 Å². The Balaban J connectivity index is 2.99. The van der Waals surface area contributed by atoms with Crippen LogP contribution in [0, 0.1) is 0 Å². The molecule has 0 aromatic carbocycles. The zero-order chi connectivity index (χ0) is 4.99. The molecule has 0 aliphatic carbocycles. The first-order valence-electron chi connectivity index (χ1n) is 1.16. The molecule has 3 nitrogen and oxygen atoms in total. The van der Waals surface area contributed by atoms with Gasteiger partial charge in [-0.15, -0.1) is 0 Å². The van der Waals surface area contributed by atoms with Crippen molar-refractivity contribution in [3.05, 3.63) is 0 Å². The molecule has 0 radical (unpaired) electrons. The van der Waals surface area contributed by atoms with Gasteiger partial charge in [0.15, 0.2) is 0 Å². The maximum absolute atomic E-state index is 9.92. The van der Waals surface area contributed by atoms with Gasteiger partial charge in [0.1, 0.15) is 0 Å². The first-order valence-corrected chi connectivity index (χ1v) is 4.19. The summed E-state index contributed by atoms with van der Waals surface area (Å²) in [5, 5.41) is 0. The van der Waals surface area contributed by atoms with Crippen molar-refractivity contribution < 1.29 is 26.6 Å². The van der Waals surface area contributed by atoms with Crippen molar-refractivity contribution in [2.45, 2.75) is 0 Å². The van der Waals surface area contributed by atoms with Crippen LogP contribution in [0.1, 0.15) is 0 Å². The standard InChI is InChI=1S/CH5AsO3.Fe/c1-5-2(3)4;/h2H,1H3,(H,3,4);/q;+1/p-1. The molecule has 0 spiro atoms. The van der Waals surface area contributed by atoms with Crippen LogP contribution in [0.5, 0.6) is 0 Å². The second-order valence-corrected chi connectivity index (χ2v) is 3.91. The molecule has 5 heteroatoms. The van der Waals surface area contributed by atoms with Crippen LogP contribution in [0.2, 0.25) is 0 Å². The van der Waals surface area contributed by atoms with Gasteiger partial charge in [-0.05, 0) is 0 Å². The quantitative estimate of drug-likeness (QED) is 0.544. The van der Waals surface area contributed by atoms with Crippen LogP contribution in [0.15, 0.2) is 0 Å². The van der Waals surface area contributed by atoms with Crippen LogP contribution in [-0.2, 0) is 26.6 Å². The zero-order valence-electron chi connectivity index (χ0n) is 3.08. The fourth-order valence-corrected chi connectivity index (χ4v) is 0.631. The monoisotopic (exact) mass is 195 g/mol. The zero-order valence-corrected chi connectivity index (χ0v) is 6.28. The van der Waals surface area contributed by atoms with Crippen LogP contribution in [0.3, 0.4) is 0 Å². The molecule has 1 unspecified atom stereocenters. The Bertz CT molecular complexity index is 48.8. The molecule has 0 aliphatic rings. The normalized spacial score (nSPS) is 14.3. The van der Waals surface area contributed by atoms with Crippen molar-refractivity contribution in [1.29, 1.82) is 0 Å². The Morgan fingerprint density at radius 1 is 1.83 bits per heavy atom. The van der Waals surface area contributed by atoms with Crippen molar-refractivity contribution >= 4 is 15.3 Å². The van der Waals surface area contributed by atoms with E-state index in [0.717, 1.165) is 0 Å². The van der Waals surface area contributed by atoms with Gasteiger partial charge in [0.05, 0.1) is 0 Å². The van der Waals surface area contributed by atoms with E-state index in [2.05, 4.69) is 22.9 Å². The van der Waals surface area contributed by atoms with Gasteiger partial charge < -0.3 is 0 Å². The second kappa shape index (κ2) is 3.97. The summed E-state index contributed by atoms with van der Waals surface area (Å²) in [6, 6.07) is 0. The van der Waals surface area contributed by atoms with Gasteiger partial charge in [-0.2, -0.15) is 0 Å². The van der Waals surface area contributed by atoms with Crippen LogP contribution in [-0.4, -0.2) is 22.4 Å². The summed E-state index contributed by atoms with van der Waals surface area (Å²) in [4.78, 5) is 0. The molecule has 0 aromatic heterocycles. The molecule has 1 atom stereocenters. The van der Waals surface area contributed by atoms with Crippen molar-refractivity contribution in [2.24, 2.45) is 0 Å². The van der Waals surface area contributed by atoms with Crippen LogP contribution >= 0.6 is 0 Å². The van der Waals surface area contributed by atoms with E-state index in [1.54, 1.807) is 0 Å². The average Bonchev–Trinajstić information content (AvgIpc) is 1.65. The van der Waals surface area contributed by atoms with Gasteiger partial charge in [-0.1, -0.05) is 0 Å². The summed E-state index contributed by atoms with van der Waals surface area (Å²) in [5.74, 6) is 0. The van der Waals surface area contributed by atoms with Gasteiger partial charge in [0.2, 0.25) is 0 Å². The Labute approximate surface area is 49.3 Å². The second-order valence-electron chi connectivity index (χ2n) is 0.526. The molecule has 0 heterocycles. The molecular formula is CH4AsFeO3. The molecule has 0 aromatic rings. The molecule has 0 bridgehead atoms. The summed E-state index contributed by atoms with van der Waals surface area (Å²) in [6.07, 6.45) is 0. The summed E-state index contributed by atoms with van der Waals surface area (Å²) in [5.41, 5.74) is 0. The van der Waals surface area contributed by atoms with Gasteiger partial charge >= 0.3 is 49.0 Å². The van der Waals surface area contributed by atoms with E-state index in [1.165, 1.54) is 7.11 Å². The molecule has 0 rings (SSSR count). The first kappa shape index (κ1) is 6.80. The van der Waals surface area contributed by atoms with E-state index < -0.39 is 15.3 Å².